The standard InChI is InChI=1S/C21H22N2O/c1-15-7-2-5-12-20(15)23-21(24)18(14-22)13-17-10-6-9-16-8-3-4-11-19(16)17/h3-4,6,8-11,13,15,20H,2,5,7,12H2,1H3,(H,23,24)/b18-13+/t15-,20-/m0/s1. The zero-order valence-corrected chi connectivity index (χ0v) is 14.0. The molecule has 2 aromatic carbocycles. The molecule has 0 spiro atoms. The Morgan fingerprint density at radius 1 is 1.17 bits per heavy atom. The fourth-order valence-electron chi connectivity index (χ4n) is 3.46. The van der Waals surface area contributed by atoms with Crippen molar-refractivity contribution in [3.8, 4) is 6.07 Å². The van der Waals surface area contributed by atoms with Crippen molar-refractivity contribution >= 4 is 22.8 Å². The highest BCUT2D eigenvalue weighted by atomic mass is 16.1. The Hall–Kier alpha value is -2.60. The van der Waals surface area contributed by atoms with Crippen LogP contribution in [0.5, 0.6) is 0 Å². The highest BCUT2D eigenvalue weighted by molar-refractivity contribution is 6.04. The van der Waals surface area contributed by atoms with Crippen molar-refractivity contribution in [3.05, 3.63) is 53.6 Å². The molecule has 1 fully saturated rings. The number of carbonyl (C=O) groups is 1. The number of amides is 1. The minimum atomic E-state index is -0.260. The van der Waals surface area contributed by atoms with E-state index >= 15 is 0 Å². The summed E-state index contributed by atoms with van der Waals surface area (Å²) < 4.78 is 0. The summed E-state index contributed by atoms with van der Waals surface area (Å²) in [5.74, 6) is 0.212. The third-order valence-electron chi connectivity index (χ3n) is 4.92. The van der Waals surface area contributed by atoms with E-state index in [1.165, 1.54) is 6.42 Å². The van der Waals surface area contributed by atoms with E-state index in [2.05, 4.69) is 18.3 Å². The van der Waals surface area contributed by atoms with Crippen molar-refractivity contribution in [2.24, 2.45) is 5.92 Å². The van der Waals surface area contributed by atoms with Gasteiger partial charge in [0.1, 0.15) is 11.6 Å². The van der Waals surface area contributed by atoms with Gasteiger partial charge in [0.25, 0.3) is 5.91 Å². The molecule has 3 rings (SSSR count). The molecule has 1 N–H and O–H groups in total. The van der Waals surface area contributed by atoms with Crippen molar-refractivity contribution in [1.82, 2.24) is 5.32 Å². The zero-order chi connectivity index (χ0) is 16.9. The Morgan fingerprint density at radius 2 is 1.92 bits per heavy atom. The van der Waals surface area contributed by atoms with E-state index in [0.29, 0.717) is 5.92 Å². The van der Waals surface area contributed by atoms with E-state index < -0.39 is 0 Å². The second-order valence-electron chi connectivity index (χ2n) is 6.58. The van der Waals surface area contributed by atoms with E-state index in [1.807, 2.05) is 42.5 Å². The summed E-state index contributed by atoms with van der Waals surface area (Å²) in [6.07, 6.45) is 6.21. The molecular weight excluding hydrogens is 296 g/mol. The molecule has 2 aromatic rings. The quantitative estimate of drug-likeness (QED) is 0.672. The Bertz CT molecular complexity index is 811. The molecule has 2 atom stereocenters. The van der Waals surface area contributed by atoms with Crippen LogP contribution in [0.2, 0.25) is 0 Å². The van der Waals surface area contributed by atoms with Gasteiger partial charge in [-0.25, -0.2) is 0 Å². The highest BCUT2D eigenvalue weighted by Crippen LogP contribution is 2.24. The molecule has 1 aliphatic carbocycles. The van der Waals surface area contributed by atoms with Gasteiger partial charge >= 0.3 is 0 Å². The van der Waals surface area contributed by atoms with Crippen LogP contribution in [0.15, 0.2) is 48.0 Å². The van der Waals surface area contributed by atoms with Gasteiger partial charge in [0.15, 0.2) is 0 Å². The summed E-state index contributed by atoms with van der Waals surface area (Å²) in [4.78, 5) is 12.5. The lowest BCUT2D eigenvalue weighted by molar-refractivity contribution is -0.118. The van der Waals surface area contributed by atoms with Crippen LogP contribution >= 0.6 is 0 Å². The summed E-state index contributed by atoms with van der Waals surface area (Å²) in [5.41, 5.74) is 1.07. The first kappa shape index (κ1) is 16.3. The van der Waals surface area contributed by atoms with Gasteiger partial charge in [-0.3, -0.25) is 4.79 Å². The Kier molecular flexibility index (Phi) is 4.96. The van der Waals surface area contributed by atoms with Crippen LogP contribution < -0.4 is 5.32 Å². The fourth-order valence-corrected chi connectivity index (χ4v) is 3.46. The largest absolute Gasteiger partial charge is 0.348 e. The van der Waals surface area contributed by atoms with Crippen LogP contribution in [0, 0.1) is 17.2 Å². The number of benzene rings is 2. The maximum Gasteiger partial charge on any atom is 0.262 e. The van der Waals surface area contributed by atoms with Crippen molar-refractivity contribution in [1.29, 1.82) is 5.26 Å². The van der Waals surface area contributed by atoms with Gasteiger partial charge in [0, 0.05) is 6.04 Å². The summed E-state index contributed by atoms with van der Waals surface area (Å²) in [5, 5.41) is 14.7. The van der Waals surface area contributed by atoms with Gasteiger partial charge in [0.05, 0.1) is 0 Å². The van der Waals surface area contributed by atoms with E-state index in [4.69, 9.17) is 0 Å². The second kappa shape index (κ2) is 7.31. The predicted molar refractivity (Wildman–Crippen MR) is 97.1 cm³/mol. The molecule has 1 aliphatic rings. The summed E-state index contributed by atoms with van der Waals surface area (Å²) in [7, 11) is 0. The van der Waals surface area contributed by atoms with E-state index in [9.17, 15) is 10.1 Å². The molecule has 0 unspecified atom stereocenters. The zero-order valence-electron chi connectivity index (χ0n) is 14.0. The first-order valence-corrected chi connectivity index (χ1v) is 8.59. The van der Waals surface area contributed by atoms with E-state index in [1.54, 1.807) is 6.08 Å². The number of nitriles is 1. The average molecular weight is 318 g/mol. The molecule has 122 valence electrons. The summed E-state index contributed by atoms with van der Waals surface area (Å²) >= 11 is 0. The second-order valence-corrected chi connectivity index (χ2v) is 6.58. The SMILES string of the molecule is C[C@H]1CCCC[C@@H]1NC(=O)/C(C#N)=C/c1cccc2ccccc12. The average Bonchev–Trinajstić information content (AvgIpc) is 2.61. The van der Waals surface area contributed by atoms with Crippen molar-refractivity contribution in [2.45, 2.75) is 38.6 Å². The fraction of sp³-hybridized carbons (Fsp3) is 0.333. The lowest BCUT2D eigenvalue weighted by atomic mass is 9.86. The maximum atomic E-state index is 12.5. The van der Waals surface area contributed by atoms with Gasteiger partial charge < -0.3 is 5.32 Å². The number of hydrogen-bond acceptors (Lipinski definition) is 2. The molecule has 3 nitrogen and oxygen atoms in total. The van der Waals surface area contributed by atoms with Crippen LogP contribution in [-0.4, -0.2) is 11.9 Å². The maximum absolute atomic E-state index is 12.5. The van der Waals surface area contributed by atoms with Gasteiger partial charge in [-0.15, -0.1) is 0 Å². The molecule has 24 heavy (non-hydrogen) atoms. The van der Waals surface area contributed by atoms with Gasteiger partial charge in [-0.2, -0.15) is 5.26 Å². The number of carbonyl (C=O) groups excluding carboxylic acids is 1. The molecule has 0 bridgehead atoms. The first-order chi connectivity index (χ1) is 11.7. The molecule has 0 saturated heterocycles. The van der Waals surface area contributed by atoms with Crippen molar-refractivity contribution in [2.75, 3.05) is 0 Å². The minimum absolute atomic E-state index is 0.170. The van der Waals surface area contributed by atoms with Crippen LogP contribution in [0.1, 0.15) is 38.2 Å². The van der Waals surface area contributed by atoms with Crippen LogP contribution in [0.3, 0.4) is 0 Å². The molecule has 0 aromatic heterocycles. The number of nitrogens with zero attached hydrogens (tertiary/aromatic N) is 1. The lowest BCUT2D eigenvalue weighted by Crippen LogP contribution is -2.41. The van der Waals surface area contributed by atoms with Gasteiger partial charge in [-0.05, 0) is 41.2 Å². The van der Waals surface area contributed by atoms with E-state index in [-0.39, 0.29) is 17.5 Å². The molecule has 1 amide bonds. The molecule has 3 heteroatoms. The Balaban J connectivity index is 1.86. The smallest absolute Gasteiger partial charge is 0.262 e. The molecule has 0 heterocycles. The van der Waals surface area contributed by atoms with Gasteiger partial charge in [0.2, 0.25) is 0 Å². The Labute approximate surface area is 143 Å². The number of fused-ring (bicyclic) bond motifs is 1. The summed E-state index contributed by atoms with van der Waals surface area (Å²) in [6, 6.07) is 16.2. The molecule has 0 aliphatic heterocycles. The highest BCUT2D eigenvalue weighted by Gasteiger charge is 2.24. The van der Waals surface area contributed by atoms with Crippen LogP contribution in [0.25, 0.3) is 16.8 Å². The number of hydrogen-bond donors (Lipinski definition) is 1. The molecule has 0 radical (unpaired) electrons. The first-order valence-electron chi connectivity index (χ1n) is 8.59. The van der Waals surface area contributed by atoms with Gasteiger partial charge in [-0.1, -0.05) is 62.2 Å². The minimum Gasteiger partial charge on any atom is -0.348 e. The third kappa shape index (κ3) is 3.49. The summed E-state index contributed by atoms with van der Waals surface area (Å²) in [6.45, 7) is 2.17. The third-order valence-corrected chi connectivity index (χ3v) is 4.92. The Morgan fingerprint density at radius 3 is 2.71 bits per heavy atom. The van der Waals surface area contributed by atoms with Crippen LogP contribution in [0.4, 0.5) is 0 Å². The predicted octanol–water partition coefficient (Wildman–Crippen LogP) is 4.44. The van der Waals surface area contributed by atoms with Crippen molar-refractivity contribution < 1.29 is 4.79 Å². The monoisotopic (exact) mass is 318 g/mol. The van der Waals surface area contributed by atoms with Crippen LogP contribution in [-0.2, 0) is 4.79 Å². The topological polar surface area (TPSA) is 52.9 Å². The molecule has 1 saturated carbocycles. The lowest BCUT2D eigenvalue weighted by Gasteiger charge is -2.29. The molecular formula is C21H22N2O. The normalized spacial score (nSPS) is 21.2. The van der Waals surface area contributed by atoms with Crippen molar-refractivity contribution in [3.63, 3.8) is 0 Å². The number of nitrogens with one attached hydrogen (secondary N) is 1. The van der Waals surface area contributed by atoms with E-state index in [0.717, 1.165) is 35.6 Å². The number of rotatable bonds is 3.